The highest BCUT2D eigenvalue weighted by Gasteiger charge is 2.61. The predicted molar refractivity (Wildman–Crippen MR) is 70.9 cm³/mol. The molecule has 0 saturated heterocycles. The van der Waals surface area contributed by atoms with Crippen LogP contribution in [0.25, 0.3) is 0 Å². The van der Waals surface area contributed by atoms with Crippen molar-refractivity contribution >= 4 is 5.78 Å². The second-order valence-corrected chi connectivity index (χ2v) is 5.02. The summed E-state index contributed by atoms with van der Waals surface area (Å²) in [5, 5.41) is 0. The number of alkyl halides is 5. The first-order valence-corrected chi connectivity index (χ1v) is 6.30. The Balaban J connectivity index is 3.05. The Bertz CT molecular complexity index is 548. The number of carbonyl (C=O) groups excluding carboxylic acids is 1. The topological polar surface area (TPSA) is 26.3 Å². The van der Waals surface area contributed by atoms with Gasteiger partial charge in [0.15, 0.2) is 0 Å². The Hall–Kier alpha value is -1.92. The molecule has 0 aliphatic carbocycles. The van der Waals surface area contributed by atoms with Crippen LogP contribution in [0, 0.1) is 0 Å². The summed E-state index contributed by atoms with van der Waals surface area (Å²) in [5.41, 5.74) is -0.449. The fourth-order valence-electron chi connectivity index (χ4n) is 1.85. The van der Waals surface area contributed by atoms with E-state index in [-0.39, 0.29) is 5.78 Å². The molecule has 7 heteroatoms. The minimum atomic E-state index is -5.80. The fourth-order valence-corrected chi connectivity index (χ4v) is 1.85. The fraction of sp³-hybridized carbons (Fsp3) is 0.400. The van der Waals surface area contributed by atoms with Crippen LogP contribution >= 0.6 is 0 Å². The van der Waals surface area contributed by atoms with Gasteiger partial charge in [-0.15, -0.1) is 6.58 Å². The summed E-state index contributed by atoms with van der Waals surface area (Å²) < 4.78 is 65.5. The number of ether oxygens (including phenoxy) is 1. The van der Waals surface area contributed by atoms with Gasteiger partial charge in [-0.1, -0.05) is 18.2 Å². The van der Waals surface area contributed by atoms with Crippen LogP contribution in [0.1, 0.15) is 25.8 Å². The molecule has 1 rings (SSSR count). The standard InChI is InChI=1S/C15H15F5O2/c1-4-9-13(3,10(2)21)11-5-7-12(8-6-11)22-15(19,20)14(16,17)18/h4-8H,1,9H2,2-3H3. The highest BCUT2D eigenvalue weighted by Crippen LogP contribution is 2.38. The molecule has 122 valence electrons. The van der Waals surface area contributed by atoms with Gasteiger partial charge < -0.3 is 4.74 Å². The molecule has 0 spiro atoms. The number of halogens is 5. The van der Waals surface area contributed by atoms with Crippen molar-refractivity contribution < 1.29 is 31.5 Å². The average Bonchev–Trinajstić information content (AvgIpc) is 2.37. The minimum absolute atomic E-state index is 0.179. The maximum atomic E-state index is 12.8. The SMILES string of the molecule is C=CCC(C)(C(C)=O)c1ccc(OC(F)(F)C(F)(F)F)cc1. The van der Waals surface area contributed by atoms with Crippen molar-refractivity contribution in [3.63, 3.8) is 0 Å². The summed E-state index contributed by atoms with van der Waals surface area (Å²) in [7, 11) is 0. The molecule has 0 saturated carbocycles. The average molecular weight is 322 g/mol. The van der Waals surface area contributed by atoms with Gasteiger partial charge in [0, 0.05) is 0 Å². The lowest BCUT2D eigenvalue weighted by atomic mass is 9.76. The number of hydrogen-bond acceptors (Lipinski definition) is 2. The Morgan fingerprint density at radius 1 is 1.18 bits per heavy atom. The Morgan fingerprint density at radius 3 is 2.05 bits per heavy atom. The van der Waals surface area contributed by atoms with Crippen molar-refractivity contribution in [2.24, 2.45) is 0 Å². The Kier molecular flexibility index (Phi) is 4.99. The molecule has 1 aromatic rings. The Morgan fingerprint density at radius 2 is 1.68 bits per heavy atom. The zero-order chi connectivity index (χ0) is 17.2. The molecule has 2 nitrogen and oxygen atoms in total. The summed E-state index contributed by atoms with van der Waals surface area (Å²) in [6.07, 6.45) is -9.24. The largest absolute Gasteiger partial charge is 0.499 e. The lowest BCUT2D eigenvalue weighted by Crippen LogP contribution is -2.41. The van der Waals surface area contributed by atoms with E-state index in [2.05, 4.69) is 11.3 Å². The van der Waals surface area contributed by atoms with Gasteiger partial charge in [-0.3, -0.25) is 4.79 Å². The van der Waals surface area contributed by atoms with Crippen molar-refractivity contribution in [3.05, 3.63) is 42.5 Å². The number of Topliss-reactive ketones (excluding diaryl/α,β-unsaturated/α-hetero) is 1. The zero-order valence-electron chi connectivity index (χ0n) is 12.0. The van der Waals surface area contributed by atoms with Crippen LogP contribution < -0.4 is 4.74 Å². The number of ketones is 1. The van der Waals surface area contributed by atoms with Gasteiger partial charge in [-0.05, 0) is 38.0 Å². The third-order valence-corrected chi connectivity index (χ3v) is 3.40. The lowest BCUT2D eigenvalue weighted by molar-refractivity contribution is -0.360. The van der Waals surface area contributed by atoms with E-state index in [1.807, 2.05) is 0 Å². The Labute approximate surface area is 124 Å². The molecule has 22 heavy (non-hydrogen) atoms. The molecule has 0 aliphatic rings. The molecule has 0 aromatic heterocycles. The second kappa shape index (κ2) is 6.06. The highest BCUT2D eigenvalue weighted by molar-refractivity contribution is 5.87. The van der Waals surface area contributed by atoms with Gasteiger partial charge in [0.2, 0.25) is 0 Å². The van der Waals surface area contributed by atoms with Gasteiger partial charge in [-0.2, -0.15) is 22.0 Å². The highest BCUT2D eigenvalue weighted by atomic mass is 19.4. The van der Waals surface area contributed by atoms with Gasteiger partial charge in [0.25, 0.3) is 0 Å². The summed E-state index contributed by atoms with van der Waals surface area (Å²) >= 11 is 0. The van der Waals surface area contributed by atoms with E-state index in [9.17, 15) is 26.7 Å². The molecule has 0 aliphatic heterocycles. The molecule has 1 atom stereocenters. The molecule has 0 fully saturated rings. The van der Waals surface area contributed by atoms with E-state index in [4.69, 9.17) is 0 Å². The summed E-state index contributed by atoms with van der Waals surface area (Å²) in [5.74, 6) is -0.822. The smallest absolute Gasteiger partial charge is 0.426 e. The quantitative estimate of drug-likeness (QED) is 0.563. The van der Waals surface area contributed by atoms with Crippen molar-refractivity contribution in [1.82, 2.24) is 0 Å². The van der Waals surface area contributed by atoms with Crippen LogP contribution in [-0.2, 0) is 10.2 Å². The maximum absolute atomic E-state index is 12.8. The summed E-state index contributed by atoms with van der Waals surface area (Å²) in [4.78, 5) is 11.8. The number of hydrogen-bond donors (Lipinski definition) is 0. The van der Waals surface area contributed by atoms with E-state index in [0.29, 0.717) is 12.0 Å². The lowest BCUT2D eigenvalue weighted by Gasteiger charge is -2.26. The first kappa shape index (κ1) is 18.1. The first-order chi connectivity index (χ1) is 9.94. The van der Waals surface area contributed by atoms with E-state index < -0.39 is 23.4 Å². The van der Waals surface area contributed by atoms with Crippen molar-refractivity contribution in [3.8, 4) is 5.75 Å². The van der Waals surface area contributed by atoms with Crippen molar-refractivity contribution in [1.29, 1.82) is 0 Å². The second-order valence-electron chi connectivity index (χ2n) is 5.02. The number of rotatable bonds is 6. The van der Waals surface area contributed by atoms with Crippen molar-refractivity contribution in [2.45, 2.75) is 38.0 Å². The predicted octanol–water partition coefficient (Wildman–Crippen LogP) is 4.64. The van der Waals surface area contributed by atoms with Gasteiger partial charge in [0.05, 0.1) is 5.41 Å². The molecule has 1 aromatic carbocycles. The van der Waals surface area contributed by atoms with Gasteiger partial charge in [0.1, 0.15) is 11.5 Å². The van der Waals surface area contributed by atoms with Gasteiger partial charge >= 0.3 is 12.3 Å². The monoisotopic (exact) mass is 322 g/mol. The molecular formula is C15H15F5O2. The van der Waals surface area contributed by atoms with E-state index in [1.54, 1.807) is 6.92 Å². The molecular weight excluding hydrogens is 307 g/mol. The van der Waals surface area contributed by atoms with E-state index in [0.717, 1.165) is 12.1 Å². The van der Waals surface area contributed by atoms with Crippen LogP contribution in [0.15, 0.2) is 36.9 Å². The van der Waals surface area contributed by atoms with Crippen LogP contribution in [0.3, 0.4) is 0 Å². The number of benzene rings is 1. The third-order valence-electron chi connectivity index (χ3n) is 3.40. The zero-order valence-corrected chi connectivity index (χ0v) is 12.0. The van der Waals surface area contributed by atoms with Crippen molar-refractivity contribution in [2.75, 3.05) is 0 Å². The minimum Gasteiger partial charge on any atom is -0.426 e. The van der Waals surface area contributed by atoms with Crippen LogP contribution in [0.5, 0.6) is 5.75 Å². The molecule has 0 radical (unpaired) electrons. The molecule has 0 N–H and O–H groups in total. The molecule has 1 unspecified atom stereocenters. The maximum Gasteiger partial charge on any atom is 0.499 e. The van der Waals surface area contributed by atoms with Crippen LogP contribution in [0.2, 0.25) is 0 Å². The summed E-state index contributed by atoms with van der Waals surface area (Å²) in [6.45, 7) is 6.55. The third kappa shape index (κ3) is 3.64. The molecule has 0 heterocycles. The first-order valence-electron chi connectivity index (χ1n) is 6.30. The van der Waals surface area contributed by atoms with E-state index in [1.165, 1.54) is 25.1 Å². The number of carbonyl (C=O) groups is 1. The van der Waals surface area contributed by atoms with Crippen LogP contribution in [-0.4, -0.2) is 18.1 Å². The van der Waals surface area contributed by atoms with E-state index >= 15 is 0 Å². The van der Waals surface area contributed by atoms with Crippen LogP contribution in [0.4, 0.5) is 22.0 Å². The summed E-state index contributed by atoms with van der Waals surface area (Å²) in [6, 6.07) is 4.51. The number of allylic oxidation sites excluding steroid dienone is 1. The molecule has 0 bridgehead atoms. The van der Waals surface area contributed by atoms with Gasteiger partial charge in [-0.25, -0.2) is 0 Å². The normalized spacial score (nSPS) is 15.0. The molecule has 0 amide bonds.